The van der Waals surface area contributed by atoms with E-state index in [2.05, 4.69) is 31.5 Å². The topological polar surface area (TPSA) is 97.2 Å². The number of amides is 1. The van der Waals surface area contributed by atoms with E-state index in [9.17, 15) is 14.9 Å². The van der Waals surface area contributed by atoms with Crippen LogP contribution < -0.4 is 10.6 Å². The second kappa shape index (κ2) is 6.31. The predicted octanol–water partition coefficient (Wildman–Crippen LogP) is 3.05. The maximum absolute atomic E-state index is 12.1. The van der Waals surface area contributed by atoms with Gasteiger partial charge in [-0.15, -0.1) is 0 Å². The fraction of sp³-hybridized carbons (Fsp3) is 0.0769. The lowest BCUT2D eigenvalue weighted by Gasteiger charge is -2.07. The number of aromatic nitrogens is 1. The van der Waals surface area contributed by atoms with Crippen molar-refractivity contribution in [3.8, 4) is 0 Å². The number of anilines is 2. The molecule has 0 saturated carbocycles. The molecule has 108 valence electrons. The normalized spacial score (nSPS) is 10.0. The SMILES string of the molecule is CNc1cc(C(=O)Nc2ccc(Br)c([N+](=O)[O-])c2)ccn1. The van der Waals surface area contributed by atoms with Crippen LogP contribution in [0.2, 0.25) is 0 Å². The third-order valence-electron chi connectivity index (χ3n) is 2.68. The number of rotatable bonds is 4. The number of hydrogen-bond acceptors (Lipinski definition) is 5. The summed E-state index contributed by atoms with van der Waals surface area (Å²) in [6, 6.07) is 7.53. The van der Waals surface area contributed by atoms with E-state index < -0.39 is 4.92 Å². The standard InChI is InChI=1S/C13H11BrN4O3/c1-15-12-6-8(4-5-16-12)13(19)17-9-2-3-10(14)11(7-9)18(20)21/h2-7H,1H3,(H,15,16)(H,17,19). The number of hydrogen-bond donors (Lipinski definition) is 2. The largest absolute Gasteiger partial charge is 0.373 e. The Bertz CT molecular complexity index is 706. The molecule has 1 amide bonds. The van der Waals surface area contributed by atoms with Crippen molar-refractivity contribution in [1.29, 1.82) is 0 Å². The number of nitro groups is 1. The molecule has 0 aliphatic carbocycles. The molecule has 2 aromatic rings. The summed E-state index contributed by atoms with van der Waals surface area (Å²) in [6.45, 7) is 0. The molecule has 2 rings (SSSR count). The summed E-state index contributed by atoms with van der Waals surface area (Å²) >= 11 is 3.09. The van der Waals surface area contributed by atoms with Crippen LogP contribution in [0.5, 0.6) is 0 Å². The Balaban J connectivity index is 2.23. The van der Waals surface area contributed by atoms with Crippen LogP contribution in [0.15, 0.2) is 41.0 Å². The highest BCUT2D eigenvalue weighted by molar-refractivity contribution is 9.10. The molecule has 1 heterocycles. The van der Waals surface area contributed by atoms with Crippen molar-refractivity contribution < 1.29 is 9.72 Å². The van der Waals surface area contributed by atoms with Gasteiger partial charge in [-0.25, -0.2) is 4.98 Å². The summed E-state index contributed by atoms with van der Waals surface area (Å²) in [4.78, 5) is 26.4. The lowest BCUT2D eigenvalue weighted by Crippen LogP contribution is -2.12. The Hall–Kier alpha value is -2.48. The molecular formula is C13H11BrN4O3. The first-order valence-electron chi connectivity index (χ1n) is 5.90. The van der Waals surface area contributed by atoms with Gasteiger partial charge in [-0.2, -0.15) is 0 Å². The van der Waals surface area contributed by atoms with Gasteiger partial charge in [0.25, 0.3) is 11.6 Å². The van der Waals surface area contributed by atoms with Crippen LogP contribution in [0.25, 0.3) is 0 Å². The Morgan fingerprint density at radius 3 is 2.76 bits per heavy atom. The third-order valence-corrected chi connectivity index (χ3v) is 3.35. The van der Waals surface area contributed by atoms with Gasteiger partial charge >= 0.3 is 0 Å². The van der Waals surface area contributed by atoms with Gasteiger partial charge in [0.05, 0.1) is 9.40 Å². The zero-order valence-corrected chi connectivity index (χ0v) is 12.5. The monoisotopic (exact) mass is 350 g/mol. The third kappa shape index (κ3) is 3.54. The second-order valence-corrected chi connectivity index (χ2v) is 4.91. The smallest absolute Gasteiger partial charge is 0.285 e. The first-order valence-corrected chi connectivity index (χ1v) is 6.69. The molecule has 0 spiro atoms. The van der Waals surface area contributed by atoms with Crippen LogP contribution in [0.3, 0.4) is 0 Å². The van der Waals surface area contributed by atoms with Crippen molar-refractivity contribution in [3.63, 3.8) is 0 Å². The quantitative estimate of drug-likeness (QED) is 0.652. The minimum atomic E-state index is -0.523. The first kappa shape index (κ1) is 14.9. The average molecular weight is 351 g/mol. The highest BCUT2D eigenvalue weighted by Gasteiger charge is 2.14. The number of nitro benzene ring substituents is 1. The minimum absolute atomic E-state index is 0.113. The summed E-state index contributed by atoms with van der Waals surface area (Å²) < 4.78 is 0.354. The van der Waals surface area contributed by atoms with E-state index in [0.717, 1.165) is 0 Å². The van der Waals surface area contributed by atoms with Gasteiger partial charge in [-0.05, 0) is 40.2 Å². The molecule has 0 aliphatic heterocycles. The summed E-state index contributed by atoms with van der Waals surface area (Å²) in [7, 11) is 1.70. The van der Waals surface area contributed by atoms with E-state index in [-0.39, 0.29) is 11.6 Å². The number of carbonyl (C=O) groups is 1. The van der Waals surface area contributed by atoms with E-state index >= 15 is 0 Å². The molecule has 0 aliphatic rings. The Morgan fingerprint density at radius 1 is 1.33 bits per heavy atom. The molecule has 0 atom stereocenters. The van der Waals surface area contributed by atoms with E-state index in [4.69, 9.17) is 0 Å². The molecule has 0 fully saturated rings. The molecule has 7 nitrogen and oxygen atoms in total. The Morgan fingerprint density at radius 2 is 2.10 bits per heavy atom. The summed E-state index contributed by atoms with van der Waals surface area (Å²) in [5, 5.41) is 16.3. The van der Waals surface area contributed by atoms with Crippen molar-refractivity contribution in [2.24, 2.45) is 0 Å². The van der Waals surface area contributed by atoms with Crippen LogP contribution in [0.1, 0.15) is 10.4 Å². The van der Waals surface area contributed by atoms with Gasteiger partial charge < -0.3 is 10.6 Å². The van der Waals surface area contributed by atoms with Gasteiger partial charge in [0, 0.05) is 30.6 Å². The van der Waals surface area contributed by atoms with E-state index in [1.165, 1.54) is 18.3 Å². The molecule has 21 heavy (non-hydrogen) atoms. The number of nitrogens with zero attached hydrogens (tertiary/aromatic N) is 2. The maximum Gasteiger partial charge on any atom is 0.285 e. The summed E-state index contributed by atoms with van der Waals surface area (Å²) in [6.07, 6.45) is 1.50. The van der Waals surface area contributed by atoms with Gasteiger partial charge in [0.15, 0.2) is 0 Å². The fourth-order valence-electron chi connectivity index (χ4n) is 1.64. The van der Waals surface area contributed by atoms with Gasteiger partial charge in [0.1, 0.15) is 5.82 Å². The zero-order valence-electron chi connectivity index (χ0n) is 11.0. The minimum Gasteiger partial charge on any atom is -0.373 e. The lowest BCUT2D eigenvalue weighted by molar-refractivity contribution is -0.385. The van der Waals surface area contributed by atoms with E-state index in [0.29, 0.717) is 21.5 Å². The fourth-order valence-corrected chi connectivity index (χ4v) is 2.03. The molecule has 1 aromatic heterocycles. The van der Waals surface area contributed by atoms with E-state index in [1.807, 2.05) is 0 Å². The Kier molecular flexibility index (Phi) is 4.49. The molecule has 8 heteroatoms. The molecule has 0 bridgehead atoms. The van der Waals surface area contributed by atoms with Crippen LogP contribution in [-0.4, -0.2) is 22.9 Å². The predicted molar refractivity (Wildman–Crippen MR) is 82.5 cm³/mol. The van der Waals surface area contributed by atoms with Gasteiger partial charge in [-0.3, -0.25) is 14.9 Å². The van der Waals surface area contributed by atoms with Crippen LogP contribution in [0.4, 0.5) is 17.2 Å². The van der Waals surface area contributed by atoms with Crippen molar-refractivity contribution in [2.75, 3.05) is 17.7 Å². The number of halogens is 1. The van der Waals surface area contributed by atoms with E-state index in [1.54, 1.807) is 25.2 Å². The zero-order chi connectivity index (χ0) is 15.4. The van der Waals surface area contributed by atoms with Gasteiger partial charge in [0.2, 0.25) is 0 Å². The number of pyridine rings is 1. The molecule has 1 aromatic carbocycles. The number of carbonyl (C=O) groups excluding carboxylic acids is 1. The molecule has 0 radical (unpaired) electrons. The maximum atomic E-state index is 12.1. The summed E-state index contributed by atoms with van der Waals surface area (Å²) in [5.41, 5.74) is 0.635. The highest BCUT2D eigenvalue weighted by Crippen LogP contribution is 2.28. The van der Waals surface area contributed by atoms with Crippen molar-refractivity contribution in [2.45, 2.75) is 0 Å². The summed E-state index contributed by atoms with van der Waals surface area (Å²) in [5.74, 6) is 0.190. The second-order valence-electron chi connectivity index (χ2n) is 4.06. The van der Waals surface area contributed by atoms with Crippen LogP contribution in [0, 0.1) is 10.1 Å². The number of benzene rings is 1. The molecular weight excluding hydrogens is 340 g/mol. The van der Waals surface area contributed by atoms with Crippen LogP contribution >= 0.6 is 15.9 Å². The molecule has 2 N–H and O–H groups in total. The molecule has 0 unspecified atom stereocenters. The van der Waals surface area contributed by atoms with Crippen molar-refractivity contribution in [1.82, 2.24) is 4.98 Å². The number of nitrogens with one attached hydrogen (secondary N) is 2. The molecule has 0 saturated heterocycles. The van der Waals surface area contributed by atoms with Gasteiger partial charge in [-0.1, -0.05) is 0 Å². The van der Waals surface area contributed by atoms with Crippen molar-refractivity contribution >= 4 is 39.0 Å². The average Bonchev–Trinajstić information content (AvgIpc) is 2.49. The Labute approximate surface area is 128 Å². The van der Waals surface area contributed by atoms with Crippen LogP contribution in [-0.2, 0) is 0 Å². The van der Waals surface area contributed by atoms with Crippen molar-refractivity contribution in [3.05, 3.63) is 56.7 Å². The lowest BCUT2D eigenvalue weighted by atomic mass is 10.2. The first-order chi connectivity index (χ1) is 10.0. The highest BCUT2D eigenvalue weighted by atomic mass is 79.9.